The van der Waals surface area contributed by atoms with E-state index in [0.717, 1.165) is 0 Å². The highest BCUT2D eigenvalue weighted by Crippen LogP contribution is 2.24. The molecule has 2 rings (SSSR count). The van der Waals surface area contributed by atoms with Gasteiger partial charge in [0.2, 0.25) is 5.89 Å². The molecule has 0 fully saturated rings. The standard InChI is InChI=1S/C12H16N2O4S/c1-17-8-3-4-11-10(7-8)14-12(18-11)9(13)5-6-19(2,15)16/h3-4,7,9H,5-6,13H2,1-2H3. The molecule has 6 nitrogen and oxygen atoms in total. The Balaban J connectivity index is 2.20. The normalized spacial score (nSPS) is 13.6. The van der Waals surface area contributed by atoms with Crippen molar-refractivity contribution < 1.29 is 17.6 Å². The molecule has 0 spiro atoms. The zero-order valence-electron chi connectivity index (χ0n) is 10.8. The molecule has 0 aliphatic carbocycles. The first-order chi connectivity index (χ1) is 8.89. The van der Waals surface area contributed by atoms with Crippen LogP contribution in [0.2, 0.25) is 0 Å². The number of ether oxygens (including phenoxy) is 1. The van der Waals surface area contributed by atoms with E-state index < -0.39 is 15.9 Å². The summed E-state index contributed by atoms with van der Waals surface area (Å²) in [4.78, 5) is 4.26. The van der Waals surface area contributed by atoms with E-state index in [2.05, 4.69) is 4.98 Å². The number of hydrogen-bond acceptors (Lipinski definition) is 6. The second kappa shape index (κ2) is 5.18. The van der Waals surface area contributed by atoms with Gasteiger partial charge < -0.3 is 14.9 Å². The lowest BCUT2D eigenvalue weighted by molar-refractivity contribution is 0.415. The molecule has 0 aliphatic heterocycles. The Hall–Kier alpha value is -1.60. The largest absolute Gasteiger partial charge is 0.497 e. The van der Waals surface area contributed by atoms with Gasteiger partial charge in [-0.25, -0.2) is 13.4 Å². The minimum Gasteiger partial charge on any atom is -0.497 e. The first-order valence-electron chi connectivity index (χ1n) is 5.77. The SMILES string of the molecule is COc1ccc2oc(C(N)CCS(C)(=O)=O)nc2c1. The summed E-state index contributed by atoms with van der Waals surface area (Å²) in [7, 11) is -1.47. The van der Waals surface area contributed by atoms with Crippen molar-refractivity contribution in [3.63, 3.8) is 0 Å². The second-order valence-electron chi connectivity index (χ2n) is 4.41. The molecule has 2 aromatic rings. The molecule has 1 aromatic heterocycles. The highest BCUT2D eigenvalue weighted by Gasteiger charge is 2.16. The minimum absolute atomic E-state index is 0.0101. The Bertz CT molecular complexity index is 678. The summed E-state index contributed by atoms with van der Waals surface area (Å²) in [6, 6.07) is 4.71. The summed E-state index contributed by atoms with van der Waals surface area (Å²) in [5.41, 5.74) is 7.13. The van der Waals surface area contributed by atoms with E-state index in [0.29, 0.717) is 22.7 Å². The van der Waals surface area contributed by atoms with Gasteiger partial charge in [-0.05, 0) is 18.6 Å². The van der Waals surface area contributed by atoms with E-state index in [1.807, 2.05) is 0 Å². The van der Waals surface area contributed by atoms with Crippen molar-refractivity contribution in [1.82, 2.24) is 4.98 Å². The molecular weight excluding hydrogens is 268 g/mol. The van der Waals surface area contributed by atoms with E-state index in [-0.39, 0.29) is 12.2 Å². The summed E-state index contributed by atoms with van der Waals surface area (Å²) < 4.78 is 32.8. The number of benzene rings is 1. The number of fused-ring (bicyclic) bond motifs is 1. The van der Waals surface area contributed by atoms with E-state index in [1.165, 1.54) is 6.26 Å². The highest BCUT2D eigenvalue weighted by molar-refractivity contribution is 7.90. The monoisotopic (exact) mass is 284 g/mol. The maximum Gasteiger partial charge on any atom is 0.212 e. The minimum atomic E-state index is -3.04. The number of nitrogens with zero attached hydrogens (tertiary/aromatic N) is 1. The van der Waals surface area contributed by atoms with Crippen LogP contribution in [0, 0.1) is 0 Å². The Kier molecular flexibility index (Phi) is 3.77. The molecule has 0 amide bonds. The maximum atomic E-state index is 11.1. The molecule has 1 heterocycles. The zero-order chi connectivity index (χ0) is 14.0. The molecule has 2 N–H and O–H groups in total. The van der Waals surface area contributed by atoms with Gasteiger partial charge in [0.1, 0.15) is 21.1 Å². The van der Waals surface area contributed by atoms with Crippen LogP contribution in [0.15, 0.2) is 22.6 Å². The number of methoxy groups -OCH3 is 1. The molecular formula is C12H16N2O4S. The quantitative estimate of drug-likeness (QED) is 0.888. The first kappa shape index (κ1) is 13.8. The first-order valence-corrected chi connectivity index (χ1v) is 7.83. The third kappa shape index (κ3) is 3.45. The number of aromatic nitrogens is 1. The van der Waals surface area contributed by atoms with Gasteiger partial charge in [-0.2, -0.15) is 0 Å². The van der Waals surface area contributed by atoms with E-state index in [1.54, 1.807) is 25.3 Å². The summed E-state index contributed by atoms with van der Waals surface area (Å²) >= 11 is 0. The zero-order valence-corrected chi connectivity index (χ0v) is 11.6. The lowest BCUT2D eigenvalue weighted by Gasteiger charge is -2.05. The third-order valence-electron chi connectivity index (χ3n) is 2.73. The molecule has 19 heavy (non-hydrogen) atoms. The van der Waals surface area contributed by atoms with Crippen LogP contribution in [-0.2, 0) is 9.84 Å². The fourth-order valence-corrected chi connectivity index (χ4v) is 2.36. The Morgan fingerprint density at radius 2 is 2.21 bits per heavy atom. The Morgan fingerprint density at radius 1 is 1.47 bits per heavy atom. The number of nitrogens with two attached hydrogens (primary N) is 1. The molecule has 0 bridgehead atoms. The average molecular weight is 284 g/mol. The van der Waals surface area contributed by atoms with Crippen molar-refractivity contribution >= 4 is 20.9 Å². The molecule has 0 saturated carbocycles. The maximum absolute atomic E-state index is 11.1. The van der Waals surface area contributed by atoms with Crippen LogP contribution in [0.4, 0.5) is 0 Å². The van der Waals surface area contributed by atoms with E-state index in [9.17, 15) is 8.42 Å². The van der Waals surface area contributed by atoms with Gasteiger partial charge in [0, 0.05) is 12.3 Å². The van der Waals surface area contributed by atoms with Gasteiger partial charge in [-0.15, -0.1) is 0 Å². The van der Waals surface area contributed by atoms with E-state index in [4.69, 9.17) is 14.9 Å². The molecule has 104 valence electrons. The van der Waals surface area contributed by atoms with Crippen LogP contribution < -0.4 is 10.5 Å². The van der Waals surface area contributed by atoms with Crippen molar-refractivity contribution in [3.05, 3.63) is 24.1 Å². The average Bonchev–Trinajstić information content (AvgIpc) is 2.77. The number of oxazole rings is 1. The highest BCUT2D eigenvalue weighted by atomic mass is 32.2. The molecule has 1 aromatic carbocycles. The fourth-order valence-electron chi connectivity index (χ4n) is 1.68. The topological polar surface area (TPSA) is 95.4 Å². The van der Waals surface area contributed by atoms with Crippen molar-refractivity contribution in [1.29, 1.82) is 0 Å². The smallest absolute Gasteiger partial charge is 0.212 e. The van der Waals surface area contributed by atoms with Crippen molar-refractivity contribution in [2.45, 2.75) is 12.5 Å². The number of sulfone groups is 1. The van der Waals surface area contributed by atoms with Gasteiger partial charge in [-0.3, -0.25) is 0 Å². The van der Waals surface area contributed by atoms with Gasteiger partial charge >= 0.3 is 0 Å². The van der Waals surface area contributed by atoms with Crippen LogP contribution in [0.5, 0.6) is 5.75 Å². The Morgan fingerprint density at radius 3 is 2.84 bits per heavy atom. The molecule has 0 saturated heterocycles. The predicted octanol–water partition coefficient (Wildman–Crippen LogP) is 1.27. The molecule has 1 unspecified atom stereocenters. The third-order valence-corrected chi connectivity index (χ3v) is 3.71. The number of hydrogen-bond donors (Lipinski definition) is 1. The van der Waals surface area contributed by atoms with Gasteiger partial charge in [0.15, 0.2) is 5.58 Å². The van der Waals surface area contributed by atoms with Crippen molar-refractivity contribution in [2.24, 2.45) is 5.73 Å². The summed E-state index contributed by atoms with van der Waals surface area (Å²) in [5, 5.41) is 0. The van der Waals surface area contributed by atoms with Crippen LogP contribution in [0.3, 0.4) is 0 Å². The van der Waals surface area contributed by atoms with Gasteiger partial charge in [-0.1, -0.05) is 0 Å². The molecule has 1 atom stereocenters. The Labute approximate surface area is 111 Å². The fraction of sp³-hybridized carbons (Fsp3) is 0.417. The van der Waals surface area contributed by atoms with Crippen molar-refractivity contribution in [3.8, 4) is 5.75 Å². The second-order valence-corrected chi connectivity index (χ2v) is 6.67. The predicted molar refractivity (Wildman–Crippen MR) is 71.8 cm³/mol. The summed E-state index contributed by atoms with van der Waals surface area (Å²) in [6.45, 7) is 0. The lowest BCUT2D eigenvalue weighted by atomic mass is 10.2. The summed E-state index contributed by atoms with van der Waals surface area (Å²) in [6.07, 6.45) is 1.46. The lowest BCUT2D eigenvalue weighted by Crippen LogP contribution is -2.15. The van der Waals surface area contributed by atoms with Crippen LogP contribution in [0.25, 0.3) is 11.1 Å². The molecule has 0 radical (unpaired) electrons. The number of rotatable bonds is 5. The summed E-state index contributed by atoms with van der Waals surface area (Å²) in [5.74, 6) is 1.03. The molecule has 7 heteroatoms. The van der Waals surface area contributed by atoms with E-state index >= 15 is 0 Å². The van der Waals surface area contributed by atoms with Gasteiger partial charge in [0.25, 0.3) is 0 Å². The van der Waals surface area contributed by atoms with Crippen molar-refractivity contribution in [2.75, 3.05) is 19.1 Å². The van der Waals surface area contributed by atoms with Crippen LogP contribution in [-0.4, -0.2) is 32.5 Å². The van der Waals surface area contributed by atoms with Crippen LogP contribution >= 0.6 is 0 Å². The molecule has 0 aliphatic rings. The van der Waals surface area contributed by atoms with Gasteiger partial charge in [0.05, 0.1) is 18.9 Å². The van der Waals surface area contributed by atoms with Crippen LogP contribution in [0.1, 0.15) is 18.4 Å².